The minimum Gasteiger partial charge on any atom is -0.362 e. The molecule has 1 saturated heterocycles. The maximum absolute atomic E-state index is 3.68. The minimum atomic E-state index is 0.493. The molecule has 0 radical (unpaired) electrons. The van der Waals surface area contributed by atoms with Gasteiger partial charge in [-0.3, -0.25) is 5.32 Å². The molecule has 0 saturated carbocycles. The zero-order valence-corrected chi connectivity index (χ0v) is 5.22. The molecule has 1 heterocycles. The van der Waals surface area contributed by atoms with Gasteiger partial charge in [-0.05, 0) is 13.1 Å². The second kappa shape index (κ2) is 2.18. The molecule has 1 rings (SSSR count). The van der Waals surface area contributed by atoms with E-state index < -0.39 is 0 Å². The standard InChI is InChI=1S/C6H12N2/c1-3-8-5-4-7-6(8)2/h3,6-7H,1,4-5H2,2H3. The highest BCUT2D eigenvalue weighted by Crippen LogP contribution is 2.00. The van der Waals surface area contributed by atoms with E-state index in [9.17, 15) is 0 Å². The molecular formula is C6H12N2. The van der Waals surface area contributed by atoms with Crippen molar-refractivity contribution in [3.05, 3.63) is 12.8 Å². The fourth-order valence-electron chi connectivity index (χ4n) is 0.963. The van der Waals surface area contributed by atoms with Crippen molar-refractivity contribution >= 4 is 0 Å². The van der Waals surface area contributed by atoms with E-state index in [1.54, 1.807) is 0 Å². The minimum absolute atomic E-state index is 0.493. The van der Waals surface area contributed by atoms with Gasteiger partial charge in [0.1, 0.15) is 0 Å². The zero-order valence-electron chi connectivity index (χ0n) is 5.22. The Bertz CT molecular complexity index is 90.5. The Labute approximate surface area is 50.2 Å². The van der Waals surface area contributed by atoms with Crippen LogP contribution in [0.15, 0.2) is 12.8 Å². The molecular weight excluding hydrogens is 100 g/mol. The molecule has 2 heteroatoms. The molecule has 1 atom stereocenters. The SMILES string of the molecule is C=CN1CCNC1C. The Balaban J connectivity index is 2.41. The van der Waals surface area contributed by atoms with Crippen molar-refractivity contribution in [3.63, 3.8) is 0 Å². The van der Waals surface area contributed by atoms with Gasteiger partial charge in [-0.2, -0.15) is 0 Å². The van der Waals surface area contributed by atoms with Crippen molar-refractivity contribution in [2.45, 2.75) is 13.1 Å². The van der Waals surface area contributed by atoms with Crippen LogP contribution >= 0.6 is 0 Å². The Morgan fingerprint density at radius 1 is 1.88 bits per heavy atom. The van der Waals surface area contributed by atoms with E-state index in [0.717, 1.165) is 13.1 Å². The average molecular weight is 112 g/mol. The largest absolute Gasteiger partial charge is 0.362 e. The van der Waals surface area contributed by atoms with Crippen LogP contribution in [0.2, 0.25) is 0 Å². The predicted molar refractivity (Wildman–Crippen MR) is 34.4 cm³/mol. The van der Waals surface area contributed by atoms with Crippen molar-refractivity contribution in [1.29, 1.82) is 0 Å². The summed E-state index contributed by atoms with van der Waals surface area (Å²) in [6.45, 7) is 8.00. The van der Waals surface area contributed by atoms with Crippen molar-refractivity contribution < 1.29 is 0 Å². The molecule has 1 aliphatic heterocycles. The molecule has 0 bridgehead atoms. The summed E-state index contributed by atoms with van der Waals surface area (Å²) in [5.41, 5.74) is 0. The van der Waals surface area contributed by atoms with Gasteiger partial charge in [0.25, 0.3) is 0 Å². The van der Waals surface area contributed by atoms with Crippen LogP contribution in [0.3, 0.4) is 0 Å². The molecule has 0 aliphatic carbocycles. The van der Waals surface area contributed by atoms with Crippen LogP contribution < -0.4 is 5.32 Å². The van der Waals surface area contributed by atoms with Gasteiger partial charge in [-0.1, -0.05) is 6.58 Å². The number of nitrogens with one attached hydrogen (secondary N) is 1. The summed E-state index contributed by atoms with van der Waals surface area (Å²) in [4.78, 5) is 2.18. The summed E-state index contributed by atoms with van der Waals surface area (Å²) in [5, 5.41) is 3.28. The van der Waals surface area contributed by atoms with Crippen molar-refractivity contribution in [2.75, 3.05) is 13.1 Å². The molecule has 0 spiro atoms. The number of nitrogens with zero attached hydrogens (tertiary/aromatic N) is 1. The first kappa shape index (κ1) is 5.63. The monoisotopic (exact) mass is 112 g/mol. The lowest BCUT2D eigenvalue weighted by Crippen LogP contribution is -2.27. The molecule has 1 fully saturated rings. The van der Waals surface area contributed by atoms with Crippen LogP contribution in [0, 0.1) is 0 Å². The van der Waals surface area contributed by atoms with Crippen LogP contribution in [0.1, 0.15) is 6.92 Å². The van der Waals surface area contributed by atoms with E-state index in [4.69, 9.17) is 0 Å². The van der Waals surface area contributed by atoms with Gasteiger partial charge in [-0.15, -0.1) is 0 Å². The third-order valence-electron chi connectivity index (χ3n) is 1.54. The van der Waals surface area contributed by atoms with Crippen LogP contribution in [0.5, 0.6) is 0 Å². The maximum atomic E-state index is 3.68. The maximum Gasteiger partial charge on any atom is 0.0762 e. The van der Waals surface area contributed by atoms with Gasteiger partial charge >= 0.3 is 0 Å². The fraction of sp³-hybridized carbons (Fsp3) is 0.667. The summed E-state index contributed by atoms with van der Waals surface area (Å²) in [6, 6.07) is 0. The number of hydrogen-bond donors (Lipinski definition) is 1. The molecule has 0 amide bonds. The highest BCUT2D eigenvalue weighted by atomic mass is 15.3. The van der Waals surface area contributed by atoms with E-state index in [1.165, 1.54) is 0 Å². The molecule has 0 aromatic heterocycles. The van der Waals surface area contributed by atoms with Crippen LogP contribution in [0.4, 0.5) is 0 Å². The van der Waals surface area contributed by atoms with Gasteiger partial charge in [0.05, 0.1) is 6.17 Å². The summed E-state index contributed by atoms with van der Waals surface area (Å²) < 4.78 is 0. The third kappa shape index (κ3) is 0.842. The normalized spacial score (nSPS) is 28.6. The molecule has 1 aliphatic rings. The second-order valence-electron chi connectivity index (χ2n) is 2.05. The summed E-state index contributed by atoms with van der Waals surface area (Å²) in [7, 11) is 0. The lowest BCUT2D eigenvalue weighted by Gasteiger charge is -2.16. The predicted octanol–water partition coefficient (Wildman–Crippen LogP) is 0.381. The molecule has 0 aromatic rings. The molecule has 2 nitrogen and oxygen atoms in total. The molecule has 8 heavy (non-hydrogen) atoms. The summed E-state index contributed by atoms with van der Waals surface area (Å²) >= 11 is 0. The molecule has 1 unspecified atom stereocenters. The van der Waals surface area contributed by atoms with Crippen molar-refractivity contribution in [3.8, 4) is 0 Å². The highest BCUT2D eigenvalue weighted by molar-refractivity contribution is 4.81. The first-order valence-corrected chi connectivity index (χ1v) is 2.96. The van der Waals surface area contributed by atoms with E-state index in [-0.39, 0.29) is 0 Å². The number of rotatable bonds is 1. The van der Waals surface area contributed by atoms with Gasteiger partial charge in [0, 0.05) is 13.1 Å². The number of hydrogen-bond acceptors (Lipinski definition) is 2. The molecule has 0 aromatic carbocycles. The van der Waals surface area contributed by atoms with Crippen LogP contribution in [-0.2, 0) is 0 Å². The van der Waals surface area contributed by atoms with Gasteiger partial charge in [-0.25, -0.2) is 0 Å². The van der Waals surface area contributed by atoms with Gasteiger partial charge in [0.2, 0.25) is 0 Å². The van der Waals surface area contributed by atoms with Crippen LogP contribution in [0.25, 0.3) is 0 Å². The summed E-state index contributed by atoms with van der Waals surface area (Å²) in [5.74, 6) is 0. The van der Waals surface area contributed by atoms with E-state index >= 15 is 0 Å². The van der Waals surface area contributed by atoms with Crippen molar-refractivity contribution in [1.82, 2.24) is 10.2 Å². The second-order valence-corrected chi connectivity index (χ2v) is 2.05. The van der Waals surface area contributed by atoms with Crippen molar-refractivity contribution in [2.24, 2.45) is 0 Å². The fourth-order valence-corrected chi connectivity index (χ4v) is 0.963. The average Bonchev–Trinajstić information content (AvgIpc) is 2.14. The first-order valence-electron chi connectivity index (χ1n) is 2.96. The van der Waals surface area contributed by atoms with E-state index in [2.05, 4.69) is 23.7 Å². The molecule has 1 N–H and O–H groups in total. The Morgan fingerprint density at radius 3 is 2.88 bits per heavy atom. The lowest BCUT2D eigenvalue weighted by atomic mass is 10.5. The van der Waals surface area contributed by atoms with Gasteiger partial charge in [0.15, 0.2) is 0 Å². The molecule has 46 valence electrons. The van der Waals surface area contributed by atoms with E-state index in [1.807, 2.05) is 6.20 Å². The van der Waals surface area contributed by atoms with Gasteiger partial charge < -0.3 is 4.90 Å². The van der Waals surface area contributed by atoms with E-state index in [0.29, 0.717) is 6.17 Å². The zero-order chi connectivity index (χ0) is 5.98. The van der Waals surface area contributed by atoms with Crippen LogP contribution in [-0.4, -0.2) is 24.2 Å². The topological polar surface area (TPSA) is 15.3 Å². The third-order valence-corrected chi connectivity index (χ3v) is 1.54. The quantitative estimate of drug-likeness (QED) is 0.527. The Kier molecular flexibility index (Phi) is 1.53. The summed E-state index contributed by atoms with van der Waals surface area (Å²) in [6.07, 6.45) is 2.37. The highest BCUT2D eigenvalue weighted by Gasteiger charge is 2.13. The lowest BCUT2D eigenvalue weighted by molar-refractivity contribution is 0.355. The smallest absolute Gasteiger partial charge is 0.0762 e. The Morgan fingerprint density at radius 2 is 2.62 bits per heavy atom. The first-order chi connectivity index (χ1) is 3.84. The Hall–Kier alpha value is -0.500.